The molecule has 182 valence electrons. The highest BCUT2D eigenvalue weighted by Crippen LogP contribution is 2.27. The van der Waals surface area contributed by atoms with Crippen LogP contribution in [0.15, 0.2) is 52.4 Å². The molecule has 0 radical (unpaired) electrons. The number of aromatic nitrogens is 2. The van der Waals surface area contributed by atoms with Gasteiger partial charge in [-0.05, 0) is 42.3 Å². The second kappa shape index (κ2) is 11.8. The minimum atomic E-state index is -3.54. The van der Waals surface area contributed by atoms with E-state index < -0.39 is 15.7 Å². The number of nitrogens with zero attached hydrogens (tertiary/aromatic N) is 3. The first-order valence-corrected chi connectivity index (χ1v) is 13.2. The van der Waals surface area contributed by atoms with Crippen molar-refractivity contribution in [2.24, 2.45) is 0 Å². The fourth-order valence-corrected chi connectivity index (χ4v) is 4.96. The zero-order valence-electron chi connectivity index (χ0n) is 18.8. The molecule has 9 nitrogen and oxygen atoms in total. The van der Waals surface area contributed by atoms with Crippen molar-refractivity contribution in [1.82, 2.24) is 10.2 Å². The summed E-state index contributed by atoms with van der Waals surface area (Å²) in [5, 5.41) is 19.3. The van der Waals surface area contributed by atoms with Crippen molar-refractivity contribution in [1.29, 1.82) is 5.26 Å². The van der Waals surface area contributed by atoms with Crippen LogP contribution in [0.2, 0.25) is 5.02 Å². The maximum atomic E-state index is 12.5. The second-order valence-electron chi connectivity index (χ2n) is 7.05. The monoisotopic (exact) mass is 532 g/mol. The molecule has 1 amide bonds. The van der Waals surface area contributed by atoms with Crippen molar-refractivity contribution in [2.75, 3.05) is 24.3 Å². The summed E-state index contributed by atoms with van der Waals surface area (Å²) in [6, 6.07) is 14.3. The van der Waals surface area contributed by atoms with Gasteiger partial charge in [-0.2, -0.15) is 5.26 Å². The van der Waals surface area contributed by atoms with Gasteiger partial charge in [0.15, 0.2) is 0 Å². The maximum Gasteiger partial charge on any atom is 0.268 e. The number of amides is 1. The van der Waals surface area contributed by atoms with E-state index in [-0.39, 0.29) is 27.4 Å². The molecule has 3 rings (SSSR count). The molecule has 0 saturated heterocycles. The number of nitrogens with one attached hydrogen (secondary N) is 1. The lowest BCUT2D eigenvalue weighted by Gasteiger charge is -2.11. The predicted molar refractivity (Wildman–Crippen MR) is 133 cm³/mol. The summed E-state index contributed by atoms with van der Waals surface area (Å²) < 4.78 is 34.9. The second-order valence-corrected chi connectivity index (χ2v) is 10.9. The molecule has 1 aromatic heterocycles. The SMILES string of the molecule is CCS(=O)(=O)c1nnc(NC(=O)/C(C#N)=C\c2ccc(OCCOc3ccccc3C)c(Cl)c2)s1. The maximum absolute atomic E-state index is 12.5. The van der Waals surface area contributed by atoms with Crippen LogP contribution >= 0.6 is 22.9 Å². The van der Waals surface area contributed by atoms with Crippen LogP contribution in [0, 0.1) is 18.3 Å². The van der Waals surface area contributed by atoms with Crippen LogP contribution in [0.3, 0.4) is 0 Å². The summed E-state index contributed by atoms with van der Waals surface area (Å²) in [6.45, 7) is 4.03. The number of aryl methyl sites for hydroxylation is 1. The summed E-state index contributed by atoms with van der Waals surface area (Å²) in [6.07, 6.45) is 1.34. The normalized spacial score (nSPS) is 11.5. The summed E-state index contributed by atoms with van der Waals surface area (Å²) >= 11 is 7.01. The van der Waals surface area contributed by atoms with Gasteiger partial charge in [0, 0.05) is 0 Å². The molecular weight excluding hydrogens is 512 g/mol. The van der Waals surface area contributed by atoms with E-state index in [2.05, 4.69) is 15.5 Å². The van der Waals surface area contributed by atoms with Crippen LogP contribution in [0.4, 0.5) is 5.13 Å². The first-order chi connectivity index (χ1) is 16.7. The van der Waals surface area contributed by atoms with Gasteiger partial charge >= 0.3 is 0 Å². The van der Waals surface area contributed by atoms with E-state index in [4.69, 9.17) is 21.1 Å². The van der Waals surface area contributed by atoms with Crippen LogP contribution in [0.5, 0.6) is 11.5 Å². The van der Waals surface area contributed by atoms with Gasteiger partial charge in [-0.25, -0.2) is 8.42 Å². The van der Waals surface area contributed by atoms with Crippen LogP contribution in [0.25, 0.3) is 6.08 Å². The number of rotatable bonds is 10. The number of para-hydroxylation sites is 1. The third-order valence-corrected chi connectivity index (χ3v) is 7.91. The van der Waals surface area contributed by atoms with Gasteiger partial charge in [0.25, 0.3) is 5.91 Å². The first-order valence-electron chi connectivity index (χ1n) is 10.3. The fraction of sp³-hybridized carbons (Fsp3) is 0.217. The zero-order valence-corrected chi connectivity index (χ0v) is 21.2. The molecule has 0 aliphatic rings. The summed E-state index contributed by atoms with van der Waals surface area (Å²) in [5.41, 5.74) is 1.30. The third kappa shape index (κ3) is 7.02. The number of carbonyl (C=O) groups is 1. The van der Waals surface area contributed by atoms with E-state index in [0.717, 1.165) is 11.3 Å². The Labute approximate surface area is 211 Å². The van der Waals surface area contributed by atoms with Gasteiger partial charge in [0.1, 0.15) is 36.4 Å². The number of sulfone groups is 1. The quantitative estimate of drug-likeness (QED) is 0.177. The zero-order chi connectivity index (χ0) is 25.4. The number of ether oxygens (including phenoxy) is 2. The topological polar surface area (TPSA) is 131 Å². The van der Waals surface area contributed by atoms with Gasteiger partial charge in [-0.1, -0.05) is 54.1 Å². The molecular formula is C23H21ClN4O5S2. The van der Waals surface area contributed by atoms with Gasteiger partial charge in [-0.3, -0.25) is 10.1 Å². The number of anilines is 1. The Morgan fingerprint density at radius 1 is 1.17 bits per heavy atom. The van der Waals surface area contributed by atoms with Crippen LogP contribution in [-0.2, 0) is 14.6 Å². The molecule has 0 saturated carbocycles. The van der Waals surface area contributed by atoms with E-state index in [9.17, 15) is 18.5 Å². The molecule has 0 unspecified atom stereocenters. The summed E-state index contributed by atoms with van der Waals surface area (Å²) in [7, 11) is -3.54. The lowest BCUT2D eigenvalue weighted by atomic mass is 10.1. The van der Waals surface area contributed by atoms with Gasteiger partial charge < -0.3 is 9.47 Å². The molecule has 12 heteroatoms. The lowest BCUT2D eigenvalue weighted by molar-refractivity contribution is -0.112. The number of hydrogen-bond acceptors (Lipinski definition) is 9. The van der Waals surface area contributed by atoms with Crippen molar-refractivity contribution >= 4 is 49.9 Å². The molecule has 1 heterocycles. The fourth-order valence-electron chi connectivity index (χ4n) is 2.73. The van der Waals surface area contributed by atoms with Crippen LogP contribution < -0.4 is 14.8 Å². The van der Waals surface area contributed by atoms with E-state index in [0.29, 0.717) is 34.3 Å². The Morgan fingerprint density at radius 3 is 2.54 bits per heavy atom. The first kappa shape index (κ1) is 26.2. The molecule has 35 heavy (non-hydrogen) atoms. The molecule has 0 aliphatic heterocycles. The number of halogens is 1. The Bertz CT molecular complexity index is 1400. The number of benzene rings is 2. The minimum absolute atomic E-state index is 0.0297. The van der Waals surface area contributed by atoms with Gasteiger partial charge in [-0.15, -0.1) is 10.2 Å². The highest BCUT2D eigenvalue weighted by molar-refractivity contribution is 7.93. The summed E-state index contributed by atoms with van der Waals surface area (Å²) in [4.78, 5) is 12.5. The van der Waals surface area contributed by atoms with Gasteiger partial charge in [0.2, 0.25) is 19.3 Å². The Balaban J connectivity index is 1.61. The molecule has 0 fully saturated rings. The van der Waals surface area contributed by atoms with Crippen molar-refractivity contribution < 1.29 is 22.7 Å². The van der Waals surface area contributed by atoms with E-state index in [1.165, 1.54) is 13.0 Å². The number of carbonyl (C=O) groups excluding carboxylic acids is 1. The standard InChI is InChI=1S/C23H21ClN4O5S2/c1-3-35(30,31)23-28-27-22(34-23)26-21(29)17(14-25)12-16-8-9-20(18(24)13-16)33-11-10-32-19-7-5-4-6-15(19)2/h4-9,12-13H,3,10-11H2,1-2H3,(H,26,27,29)/b17-12-. The van der Waals surface area contributed by atoms with Crippen molar-refractivity contribution in [3.63, 3.8) is 0 Å². The van der Waals surface area contributed by atoms with Crippen molar-refractivity contribution in [2.45, 2.75) is 18.2 Å². The molecule has 2 aromatic carbocycles. The average molecular weight is 533 g/mol. The predicted octanol–water partition coefficient (Wildman–Crippen LogP) is 4.30. The third-order valence-electron chi connectivity index (χ3n) is 4.60. The Hall–Kier alpha value is -3.46. The summed E-state index contributed by atoms with van der Waals surface area (Å²) in [5.74, 6) is 0.313. The van der Waals surface area contributed by atoms with Gasteiger partial charge in [0.05, 0.1) is 10.8 Å². The molecule has 1 N–H and O–H groups in total. The molecule has 0 atom stereocenters. The Morgan fingerprint density at radius 2 is 1.89 bits per heavy atom. The Kier molecular flexibility index (Phi) is 8.81. The lowest BCUT2D eigenvalue weighted by Crippen LogP contribution is -2.13. The largest absolute Gasteiger partial charge is 0.490 e. The van der Waals surface area contributed by atoms with Crippen LogP contribution in [-0.4, -0.2) is 43.5 Å². The molecule has 0 aliphatic carbocycles. The highest BCUT2D eigenvalue weighted by Gasteiger charge is 2.20. The number of hydrogen-bond donors (Lipinski definition) is 1. The number of nitriles is 1. The van der Waals surface area contributed by atoms with E-state index in [1.54, 1.807) is 18.2 Å². The molecule has 0 spiro atoms. The average Bonchev–Trinajstić information content (AvgIpc) is 3.31. The van der Waals surface area contributed by atoms with E-state index in [1.807, 2.05) is 37.3 Å². The van der Waals surface area contributed by atoms with Crippen molar-refractivity contribution in [3.8, 4) is 17.6 Å². The molecule has 0 bridgehead atoms. The molecule has 3 aromatic rings. The van der Waals surface area contributed by atoms with Crippen LogP contribution in [0.1, 0.15) is 18.1 Å². The van der Waals surface area contributed by atoms with Crippen molar-refractivity contribution in [3.05, 3.63) is 64.2 Å². The minimum Gasteiger partial charge on any atom is -0.490 e. The highest BCUT2D eigenvalue weighted by atomic mass is 35.5. The smallest absolute Gasteiger partial charge is 0.268 e. The van der Waals surface area contributed by atoms with E-state index >= 15 is 0 Å².